The zero-order valence-corrected chi connectivity index (χ0v) is 24.3. The number of carbonyl (C=O) groups is 1. The van der Waals surface area contributed by atoms with Crippen molar-refractivity contribution in [2.75, 3.05) is 29.3 Å². The largest absolute Gasteiger partial charge is 0.465 e. The smallest absolute Gasteiger partial charge is 0.407 e. The van der Waals surface area contributed by atoms with Gasteiger partial charge in [-0.15, -0.1) is 10.8 Å². The lowest BCUT2D eigenvalue weighted by atomic mass is 10.0. The number of anilines is 2. The summed E-state index contributed by atoms with van der Waals surface area (Å²) < 4.78 is 30.0. The SMILES string of the molecule is Cc1ccc2c(N3CCC(C)S3(O)O)cccc2c1Oc1ncccc1-c1ccnc(NC2CCCN(C(=O)O)C2)n1. The number of hydrogen-bond acceptors (Lipinski definition) is 9. The average molecular weight is 591 g/mol. The van der Waals surface area contributed by atoms with Crippen LogP contribution in [0.5, 0.6) is 11.6 Å². The lowest BCUT2D eigenvalue weighted by Crippen LogP contribution is -2.44. The molecule has 6 rings (SSSR count). The summed E-state index contributed by atoms with van der Waals surface area (Å²) in [6.45, 7) is 5.30. The van der Waals surface area contributed by atoms with E-state index in [1.165, 1.54) is 4.90 Å². The molecule has 0 radical (unpaired) electrons. The van der Waals surface area contributed by atoms with Gasteiger partial charge in [-0.3, -0.25) is 13.4 Å². The number of fused-ring (bicyclic) bond motifs is 1. The summed E-state index contributed by atoms with van der Waals surface area (Å²) in [7, 11) is -2.93. The Labute approximate surface area is 245 Å². The second kappa shape index (κ2) is 11.3. The summed E-state index contributed by atoms with van der Waals surface area (Å²) in [5.41, 5.74) is 2.95. The summed E-state index contributed by atoms with van der Waals surface area (Å²) in [6.07, 6.45) is 4.70. The molecule has 2 aromatic carbocycles. The Kier molecular flexibility index (Phi) is 7.52. The number of nitrogens with zero attached hydrogens (tertiary/aromatic N) is 5. The number of benzene rings is 2. The molecule has 0 bridgehead atoms. The molecule has 2 aliphatic heterocycles. The van der Waals surface area contributed by atoms with Crippen molar-refractivity contribution >= 4 is 39.3 Å². The van der Waals surface area contributed by atoms with Crippen molar-refractivity contribution in [3.05, 3.63) is 66.5 Å². The fraction of sp³-hybridized carbons (Fsp3) is 0.333. The molecule has 2 aliphatic rings. The molecule has 4 heterocycles. The van der Waals surface area contributed by atoms with E-state index in [2.05, 4.69) is 15.3 Å². The van der Waals surface area contributed by atoms with E-state index < -0.39 is 16.9 Å². The Morgan fingerprint density at radius 2 is 1.88 bits per heavy atom. The zero-order chi connectivity index (χ0) is 29.4. The van der Waals surface area contributed by atoms with E-state index >= 15 is 0 Å². The number of carboxylic acid groups (broad SMARTS) is 1. The molecule has 2 atom stereocenters. The molecule has 12 heteroatoms. The third-order valence-corrected chi connectivity index (χ3v) is 10.3. The van der Waals surface area contributed by atoms with Gasteiger partial charge in [0.1, 0.15) is 5.75 Å². The highest BCUT2D eigenvalue weighted by Crippen LogP contribution is 2.57. The molecule has 0 spiro atoms. The van der Waals surface area contributed by atoms with Gasteiger partial charge >= 0.3 is 6.09 Å². The number of ether oxygens (including phenoxy) is 1. The van der Waals surface area contributed by atoms with Crippen LogP contribution in [0.3, 0.4) is 0 Å². The van der Waals surface area contributed by atoms with Gasteiger partial charge in [-0.1, -0.05) is 24.3 Å². The molecule has 220 valence electrons. The van der Waals surface area contributed by atoms with E-state index in [0.29, 0.717) is 54.9 Å². The van der Waals surface area contributed by atoms with Crippen LogP contribution < -0.4 is 14.4 Å². The number of piperidine rings is 1. The Hall–Kier alpha value is -4.13. The van der Waals surface area contributed by atoms with Crippen LogP contribution in [0.4, 0.5) is 16.4 Å². The highest BCUT2D eigenvalue weighted by atomic mass is 32.3. The Balaban J connectivity index is 1.32. The van der Waals surface area contributed by atoms with Crippen LogP contribution in [0.25, 0.3) is 22.0 Å². The van der Waals surface area contributed by atoms with Crippen LogP contribution in [-0.2, 0) is 0 Å². The molecular formula is C30H34N6O5S. The molecule has 2 saturated heterocycles. The van der Waals surface area contributed by atoms with Crippen LogP contribution in [-0.4, -0.2) is 71.1 Å². The summed E-state index contributed by atoms with van der Waals surface area (Å²) in [5.74, 6) is 1.41. The fourth-order valence-electron chi connectivity index (χ4n) is 5.64. The second-order valence-electron chi connectivity index (χ2n) is 10.8. The van der Waals surface area contributed by atoms with Gasteiger partial charge < -0.3 is 20.1 Å². The first kappa shape index (κ1) is 28.0. The van der Waals surface area contributed by atoms with Crippen molar-refractivity contribution in [2.45, 2.75) is 44.4 Å². The normalized spacial score (nSPS) is 20.9. The topological polar surface area (TPSA) is 144 Å². The fourth-order valence-corrected chi connectivity index (χ4v) is 7.32. The minimum Gasteiger partial charge on any atom is -0.465 e. The number of hydrogen-bond donors (Lipinski definition) is 4. The van der Waals surface area contributed by atoms with Gasteiger partial charge in [0.25, 0.3) is 0 Å². The third-order valence-electron chi connectivity index (χ3n) is 7.98. The number of amides is 1. The van der Waals surface area contributed by atoms with Gasteiger partial charge in [0.05, 0.1) is 22.2 Å². The highest BCUT2D eigenvalue weighted by molar-refractivity contribution is 8.26. The van der Waals surface area contributed by atoms with Crippen molar-refractivity contribution in [1.29, 1.82) is 0 Å². The minimum atomic E-state index is -2.93. The molecule has 0 saturated carbocycles. The standard InChI is InChI=1S/C30H34N6O5S/c1-19-10-11-22-23(7-3-9-26(22)36-17-13-20(2)42(36,39)40)27(19)41-28-24(8-4-14-31-28)25-12-15-32-29(34-25)33-21-6-5-16-35(18-21)30(37)38/h3-4,7-12,14-15,20-21,39-40H,5-6,13,16-18H2,1-2H3,(H,37,38)(H,32,33,34). The summed E-state index contributed by atoms with van der Waals surface area (Å²) in [6, 6.07) is 15.1. The molecule has 4 aromatic rings. The Bertz CT molecular complexity index is 1640. The molecule has 42 heavy (non-hydrogen) atoms. The molecule has 11 nitrogen and oxygen atoms in total. The summed E-state index contributed by atoms with van der Waals surface area (Å²) >= 11 is 0. The molecular weight excluding hydrogens is 556 g/mol. The van der Waals surface area contributed by atoms with Crippen LogP contribution in [0, 0.1) is 6.92 Å². The van der Waals surface area contributed by atoms with E-state index in [-0.39, 0.29) is 11.3 Å². The third kappa shape index (κ3) is 5.28. The number of rotatable bonds is 6. The van der Waals surface area contributed by atoms with Crippen LogP contribution in [0.2, 0.25) is 0 Å². The molecule has 2 unspecified atom stereocenters. The van der Waals surface area contributed by atoms with E-state index in [1.54, 1.807) is 22.8 Å². The maximum atomic E-state index is 11.4. The number of aryl methyl sites for hydroxylation is 1. The minimum absolute atomic E-state index is 0.0840. The van der Waals surface area contributed by atoms with Crippen molar-refractivity contribution in [3.63, 3.8) is 0 Å². The zero-order valence-electron chi connectivity index (χ0n) is 23.5. The Morgan fingerprint density at radius 1 is 1.02 bits per heavy atom. The average Bonchev–Trinajstić information content (AvgIpc) is 3.26. The van der Waals surface area contributed by atoms with Crippen molar-refractivity contribution in [1.82, 2.24) is 19.9 Å². The van der Waals surface area contributed by atoms with E-state index in [0.717, 1.165) is 34.9 Å². The molecule has 2 aromatic heterocycles. The second-order valence-corrected chi connectivity index (χ2v) is 13.2. The quantitative estimate of drug-likeness (QED) is 0.194. The number of aromatic nitrogens is 3. The van der Waals surface area contributed by atoms with Crippen molar-refractivity contribution in [2.24, 2.45) is 0 Å². The predicted octanol–water partition coefficient (Wildman–Crippen LogP) is 6.61. The first-order valence-corrected chi connectivity index (χ1v) is 15.6. The molecule has 4 N–H and O–H groups in total. The van der Waals surface area contributed by atoms with Gasteiger partial charge in [-0.25, -0.2) is 19.7 Å². The number of nitrogens with one attached hydrogen (secondary N) is 1. The molecule has 1 amide bonds. The van der Waals surface area contributed by atoms with Crippen LogP contribution in [0.1, 0.15) is 31.7 Å². The van der Waals surface area contributed by atoms with Crippen LogP contribution in [0.15, 0.2) is 60.9 Å². The number of likely N-dealkylation sites (tertiary alicyclic amines) is 1. The number of pyridine rings is 1. The van der Waals surface area contributed by atoms with Gasteiger partial charge in [0, 0.05) is 48.8 Å². The summed E-state index contributed by atoms with van der Waals surface area (Å²) in [4.78, 5) is 26.5. The van der Waals surface area contributed by atoms with Gasteiger partial charge in [0.15, 0.2) is 0 Å². The van der Waals surface area contributed by atoms with Gasteiger partial charge in [-0.05, 0) is 62.9 Å². The van der Waals surface area contributed by atoms with Crippen molar-refractivity contribution < 1.29 is 23.7 Å². The molecule has 2 fully saturated rings. The summed E-state index contributed by atoms with van der Waals surface area (Å²) in [5, 5.41) is 14.2. The lowest BCUT2D eigenvalue weighted by Gasteiger charge is -2.41. The van der Waals surface area contributed by atoms with Gasteiger partial charge in [0.2, 0.25) is 11.8 Å². The maximum absolute atomic E-state index is 11.4. The van der Waals surface area contributed by atoms with E-state index in [9.17, 15) is 19.0 Å². The maximum Gasteiger partial charge on any atom is 0.407 e. The van der Waals surface area contributed by atoms with Crippen LogP contribution >= 0.6 is 10.8 Å². The Morgan fingerprint density at radius 3 is 2.67 bits per heavy atom. The van der Waals surface area contributed by atoms with Crippen molar-refractivity contribution in [3.8, 4) is 22.9 Å². The predicted molar refractivity (Wildman–Crippen MR) is 165 cm³/mol. The molecule has 0 aliphatic carbocycles. The van der Waals surface area contributed by atoms with E-state index in [4.69, 9.17) is 9.72 Å². The monoisotopic (exact) mass is 590 g/mol. The first-order valence-electron chi connectivity index (χ1n) is 14.0. The highest BCUT2D eigenvalue weighted by Gasteiger charge is 2.37. The van der Waals surface area contributed by atoms with E-state index in [1.807, 2.05) is 56.3 Å². The van der Waals surface area contributed by atoms with Gasteiger partial charge in [-0.2, -0.15) is 0 Å². The lowest BCUT2D eigenvalue weighted by molar-refractivity contribution is 0.132. The first-order chi connectivity index (χ1) is 20.2.